The summed E-state index contributed by atoms with van der Waals surface area (Å²) >= 11 is 0. The van der Waals surface area contributed by atoms with Crippen molar-refractivity contribution in [2.24, 2.45) is 0 Å². The van der Waals surface area contributed by atoms with Crippen LogP contribution >= 0.6 is 0 Å². The maximum absolute atomic E-state index is 13.2. The molecule has 1 atom stereocenters. The van der Waals surface area contributed by atoms with Crippen molar-refractivity contribution in [2.75, 3.05) is 9.80 Å². The predicted molar refractivity (Wildman–Crippen MR) is 273 cm³/mol. The molecule has 1 unspecified atom stereocenters. The minimum absolute atomic E-state index is 0.0412. The molecule has 0 saturated heterocycles. The summed E-state index contributed by atoms with van der Waals surface area (Å²) < 4.78 is 56.1. The number of aldehydes is 1. The minimum atomic E-state index is -4.43. The first-order chi connectivity index (χ1) is 33.1. The number of nitrogens with zero attached hydrogens (tertiary/aromatic N) is 5. The summed E-state index contributed by atoms with van der Waals surface area (Å²) in [5.41, 5.74) is 3.91. The van der Waals surface area contributed by atoms with E-state index in [1.54, 1.807) is 51.5 Å². The van der Waals surface area contributed by atoms with E-state index in [4.69, 9.17) is 13.9 Å². The van der Waals surface area contributed by atoms with E-state index in [-0.39, 0.29) is 12.4 Å². The fourth-order valence-corrected chi connectivity index (χ4v) is 13.6. The van der Waals surface area contributed by atoms with Crippen molar-refractivity contribution in [2.45, 2.75) is 143 Å². The lowest BCUT2D eigenvalue weighted by atomic mass is 10.0. The Labute approximate surface area is 415 Å². The number of aromatic amines is 1. The summed E-state index contributed by atoms with van der Waals surface area (Å²) in [6.07, 6.45) is 0.491. The van der Waals surface area contributed by atoms with Crippen molar-refractivity contribution in [1.82, 2.24) is 19.9 Å². The third-order valence-corrected chi connectivity index (χ3v) is 17.7. The SMILES string of the molecule is CC(C)(C)OC(=O)N(Cc1ccc(C(F)(F)F)cc1)c1ccc(C=O)cn1.Cc1ccc(CN(C(=O)OC(C)(C)C)c2ccc(C(O)c3c[nH]c4ncc(O[Si](C(C)C)(C(C)C)C(C)C)cc34)cn2)cc1. The van der Waals surface area contributed by atoms with Crippen molar-refractivity contribution >= 4 is 49.5 Å². The van der Waals surface area contributed by atoms with Gasteiger partial charge in [-0.3, -0.25) is 14.6 Å². The molecular weight excluding hydrogens is 930 g/mol. The van der Waals surface area contributed by atoms with Crippen LogP contribution in [-0.2, 0) is 28.7 Å². The van der Waals surface area contributed by atoms with E-state index >= 15 is 0 Å². The average molecular weight is 997 g/mol. The Balaban J connectivity index is 0.000000297. The summed E-state index contributed by atoms with van der Waals surface area (Å²) in [5, 5.41) is 12.3. The summed E-state index contributed by atoms with van der Waals surface area (Å²) in [7, 11) is -2.18. The highest BCUT2D eigenvalue weighted by molar-refractivity contribution is 6.78. The molecular formula is C54H67F3N6O7Si. The number of aryl methyl sites for hydroxylation is 1. The largest absolute Gasteiger partial charge is 0.542 e. The molecule has 17 heteroatoms. The number of pyridine rings is 3. The van der Waals surface area contributed by atoms with E-state index in [1.807, 2.05) is 58.0 Å². The molecule has 0 radical (unpaired) electrons. The number of hydrogen-bond donors (Lipinski definition) is 2. The van der Waals surface area contributed by atoms with Crippen molar-refractivity contribution in [3.05, 3.63) is 143 Å². The number of amides is 2. The molecule has 0 bridgehead atoms. The number of anilines is 2. The minimum Gasteiger partial charge on any atom is -0.542 e. The first-order valence-corrected chi connectivity index (χ1v) is 25.7. The Morgan fingerprint density at radius 2 is 1.20 bits per heavy atom. The van der Waals surface area contributed by atoms with Gasteiger partial charge in [-0.1, -0.05) is 89.6 Å². The van der Waals surface area contributed by atoms with Gasteiger partial charge in [0.2, 0.25) is 0 Å². The first-order valence-electron chi connectivity index (χ1n) is 23.6. The molecule has 2 amide bonds. The van der Waals surface area contributed by atoms with Gasteiger partial charge in [0.25, 0.3) is 8.32 Å². The van der Waals surface area contributed by atoms with E-state index < -0.39 is 49.5 Å². The molecule has 0 fully saturated rings. The van der Waals surface area contributed by atoms with E-state index in [9.17, 15) is 32.7 Å². The lowest BCUT2D eigenvalue weighted by molar-refractivity contribution is -0.137. The third-order valence-electron chi connectivity index (χ3n) is 11.7. The van der Waals surface area contributed by atoms with Gasteiger partial charge in [-0.25, -0.2) is 24.5 Å². The zero-order valence-corrected chi connectivity index (χ0v) is 43.9. The van der Waals surface area contributed by atoms with E-state index in [1.165, 1.54) is 40.3 Å². The monoisotopic (exact) mass is 996 g/mol. The van der Waals surface area contributed by atoms with Crippen LogP contribution in [0.5, 0.6) is 5.75 Å². The van der Waals surface area contributed by atoms with E-state index in [0.717, 1.165) is 34.4 Å². The third kappa shape index (κ3) is 14.5. The number of hydrogen-bond acceptors (Lipinski definition) is 10. The van der Waals surface area contributed by atoms with Gasteiger partial charge in [-0.05, 0) is 113 Å². The van der Waals surface area contributed by atoms with Gasteiger partial charge in [0.15, 0.2) is 6.29 Å². The highest BCUT2D eigenvalue weighted by Crippen LogP contribution is 2.43. The number of aromatic nitrogens is 4. The quantitative estimate of drug-likeness (QED) is 0.0794. The van der Waals surface area contributed by atoms with Crippen LogP contribution in [0.1, 0.15) is 133 Å². The summed E-state index contributed by atoms with van der Waals surface area (Å²) in [6.45, 7) is 26.4. The zero-order valence-electron chi connectivity index (χ0n) is 42.9. The van der Waals surface area contributed by atoms with Crippen LogP contribution < -0.4 is 14.2 Å². The molecule has 4 heterocycles. The molecule has 6 rings (SSSR count). The number of H-pyrrole nitrogens is 1. The molecule has 0 aliphatic heterocycles. The van der Waals surface area contributed by atoms with Crippen molar-refractivity contribution < 1.29 is 46.6 Å². The van der Waals surface area contributed by atoms with Gasteiger partial charge in [0.05, 0.1) is 24.8 Å². The maximum atomic E-state index is 13.2. The molecule has 0 aliphatic rings. The van der Waals surface area contributed by atoms with Crippen LogP contribution in [0, 0.1) is 6.92 Å². The predicted octanol–water partition coefficient (Wildman–Crippen LogP) is 13.7. The van der Waals surface area contributed by atoms with E-state index in [2.05, 4.69) is 61.5 Å². The normalized spacial score (nSPS) is 12.6. The summed E-state index contributed by atoms with van der Waals surface area (Å²) in [5.74, 6) is 1.38. The van der Waals surface area contributed by atoms with Gasteiger partial charge in [-0.15, -0.1) is 0 Å². The first kappa shape index (κ1) is 55.3. The van der Waals surface area contributed by atoms with Crippen LogP contribution in [0.25, 0.3) is 11.0 Å². The Morgan fingerprint density at radius 3 is 1.62 bits per heavy atom. The van der Waals surface area contributed by atoms with Crippen molar-refractivity contribution in [1.29, 1.82) is 0 Å². The topological polar surface area (TPSA) is 160 Å². The number of carbonyl (C=O) groups is 3. The molecule has 71 heavy (non-hydrogen) atoms. The van der Waals surface area contributed by atoms with E-state index in [0.29, 0.717) is 63.2 Å². The van der Waals surface area contributed by atoms with Gasteiger partial charge >= 0.3 is 18.4 Å². The number of carbonyl (C=O) groups excluding carboxylic acids is 3. The molecule has 13 nitrogen and oxygen atoms in total. The molecule has 2 aromatic carbocycles. The Bertz CT molecular complexity index is 2690. The summed E-state index contributed by atoms with van der Waals surface area (Å²) in [6, 6.07) is 21.0. The van der Waals surface area contributed by atoms with Crippen LogP contribution in [0.3, 0.4) is 0 Å². The van der Waals surface area contributed by atoms with Crippen LogP contribution in [0.4, 0.5) is 34.4 Å². The smallest absolute Gasteiger partial charge is 0.416 e. The molecule has 0 spiro atoms. The number of nitrogens with one attached hydrogen (secondary N) is 1. The number of halogens is 3. The second-order valence-electron chi connectivity index (χ2n) is 20.5. The molecule has 380 valence electrons. The number of benzene rings is 2. The van der Waals surface area contributed by atoms with Gasteiger partial charge in [-0.2, -0.15) is 13.2 Å². The second kappa shape index (κ2) is 22.7. The molecule has 0 aliphatic carbocycles. The second-order valence-corrected chi connectivity index (χ2v) is 25.8. The average Bonchev–Trinajstić information content (AvgIpc) is 3.71. The Morgan fingerprint density at radius 1 is 0.704 bits per heavy atom. The highest BCUT2D eigenvalue weighted by Gasteiger charge is 2.47. The molecule has 6 aromatic rings. The van der Waals surface area contributed by atoms with Crippen LogP contribution in [0.2, 0.25) is 16.6 Å². The van der Waals surface area contributed by atoms with Crippen molar-refractivity contribution in [3.63, 3.8) is 0 Å². The van der Waals surface area contributed by atoms with Gasteiger partial charge in [0, 0.05) is 40.7 Å². The standard InChI is InChI=1S/C35H48N4O4Si.C19H19F3N2O3/c1-22(2)44(23(3)4,24(5)6)43-28-17-29-30(20-38-33(29)37-19-28)32(40)27-15-16-31(36-18-27)39(34(41)42-35(8,9)10)21-26-13-11-25(7)12-14-26;1-18(2,3)27-17(26)24(16-9-6-14(12-25)10-23-16)11-13-4-7-15(8-5-13)19(20,21)22/h11-20,22-24,32,40H,21H2,1-10H3,(H,37,38);4-10,12H,11H2,1-3H3. The van der Waals surface area contributed by atoms with Crippen molar-refractivity contribution in [3.8, 4) is 5.75 Å². The molecule has 2 N–H and O–H groups in total. The summed E-state index contributed by atoms with van der Waals surface area (Å²) in [4.78, 5) is 55.8. The lowest BCUT2D eigenvalue weighted by Crippen LogP contribution is -2.50. The number of ether oxygens (including phenoxy) is 2. The Kier molecular flexibility index (Phi) is 17.7. The van der Waals surface area contributed by atoms with Gasteiger partial charge < -0.3 is 24.0 Å². The number of fused-ring (bicyclic) bond motifs is 1. The fraction of sp³-hybridized carbons (Fsp3) is 0.407. The number of rotatable bonds is 14. The van der Waals surface area contributed by atoms with Gasteiger partial charge in [0.1, 0.15) is 40.3 Å². The highest BCUT2D eigenvalue weighted by atomic mass is 28.4. The van der Waals surface area contributed by atoms with Crippen LogP contribution in [0.15, 0.2) is 104 Å². The zero-order chi connectivity index (χ0) is 52.6. The number of alkyl halides is 3. The number of aliphatic hydroxyl groups excluding tert-OH is 1. The lowest BCUT2D eigenvalue weighted by Gasteiger charge is -2.42. The molecule has 4 aromatic heterocycles. The van der Waals surface area contributed by atoms with Crippen LogP contribution in [-0.4, -0.2) is 63.0 Å². The fourth-order valence-electron chi connectivity index (χ4n) is 8.34. The number of aliphatic hydroxyl groups is 1. The Hall–Kier alpha value is -6.59. The maximum Gasteiger partial charge on any atom is 0.416 e. The molecule has 0 saturated carbocycles.